The standard InChI is InChI=1S/C16H16N2O2/c1-11-3-2-4-14-15(11)20-16(18-14)12-5-7-13(8-6-12)17-9-10-19/h2-8,17,19H,9-10H2,1H3. The summed E-state index contributed by atoms with van der Waals surface area (Å²) in [5.41, 5.74) is 4.71. The molecular formula is C16H16N2O2. The maximum atomic E-state index is 8.78. The zero-order valence-corrected chi connectivity index (χ0v) is 11.3. The molecule has 4 nitrogen and oxygen atoms in total. The van der Waals surface area contributed by atoms with E-state index in [9.17, 15) is 0 Å². The number of hydrogen-bond donors (Lipinski definition) is 2. The minimum absolute atomic E-state index is 0.117. The Morgan fingerprint density at radius 1 is 1.15 bits per heavy atom. The van der Waals surface area contributed by atoms with Crippen molar-refractivity contribution in [2.75, 3.05) is 18.5 Å². The number of benzene rings is 2. The third-order valence-corrected chi connectivity index (χ3v) is 3.18. The number of para-hydroxylation sites is 1. The van der Waals surface area contributed by atoms with Crippen LogP contribution in [0.2, 0.25) is 0 Å². The zero-order valence-electron chi connectivity index (χ0n) is 11.3. The summed E-state index contributed by atoms with van der Waals surface area (Å²) in [7, 11) is 0. The molecule has 3 rings (SSSR count). The van der Waals surface area contributed by atoms with Crippen molar-refractivity contribution < 1.29 is 9.52 Å². The van der Waals surface area contributed by atoms with Crippen LogP contribution in [0.1, 0.15) is 5.56 Å². The molecule has 0 unspecified atom stereocenters. The number of anilines is 1. The van der Waals surface area contributed by atoms with E-state index in [1.807, 2.05) is 49.4 Å². The van der Waals surface area contributed by atoms with Gasteiger partial charge in [-0.25, -0.2) is 4.98 Å². The van der Waals surface area contributed by atoms with E-state index in [1.165, 1.54) is 0 Å². The first kappa shape index (κ1) is 12.7. The molecule has 0 aliphatic carbocycles. The van der Waals surface area contributed by atoms with Gasteiger partial charge in [0.2, 0.25) is 5.89 Å². The van der Waals surface area contributed by atoms with E-state index in [0.29, 0.717) is 12.4 Å². The van der Waals surface area contributed by atoms with Gasteiger partial charge in [-0.2, -0.15) is 0 Å². The van der Waals surface area contributed by atoms with Crippen molar-refractivity contribution >= 4 is 16.8 Å². The number of rotatable bonds is 4. The minimum atomic E-state index is 0.117. The van der Waals surface area contributed by atoms with Gasteiger partial charge in [-0.1, -0.05) is 12.1 Å². The van der Waals surface area contributed by atoms with Gasteiger partial charge in [0.05, 0.1) is 6.61 Å². The van der Waals surface area contributed by atoms with Gasteiger partial charge in [0.15, 0.2) is 5.58 Å². The van der Waals surface area contributed by atoms with Crippen LogP contribution in [0.5, 0.6) is 0 Å². The number of aliphatic hydroxyl groups excluding tert-OH is 1. The molecule has 0 bridgehead atoms. The Labute approximate surface area is 117 Å². The second-order valence-electron chi connectivity index (χ2n) is 4.67. The van der Waals surface area contributed by atoms with Crippen LogP contribution in [0.4, 0.5) is 5.69 Å². The van der Waals surface area contributed by atoms with E-state index >= 15 is 0 Å². The Morgan fingerprint density at radius 3 is 2.65 bits per heavy atom. The summed E-state index contributed by atoms with van der Waals surface area (Å²) in [6, 6.07) is 13.8. The Balaban J connectivity index is 1.92. The van der Waals surface area contributed by atoms with Crippen molar-refractivity contribution in [2.24, 2.45) is 0 Å². The smallest absolute Gasteiger partial charge is 0.227 e. The third kappa shape index (κ3) is 2.38. The number of fused-ring (bicyclic) bond motifs is 1. The molecule has 0 spiro atoms. The minimum Gasteiger partial charge on any atom is -0.436 e. The molecule has 0 amide bonds. The number of aryl methyl sites for hydroxylation is 1. The second-order valence-corrected chi connectivity index (χ2v) is 4.67. The van der Waals surface area contributed by atoms with Crippen LogP contribution in [-0.2, 0) is 0 Å². The van der Waals surface area contributed by atoms with Crippen molar-refractivity contribution in [1.29, 1.82) is 0 Å². The summed E-state index contributed by atoms with van der Waals surface area (Å²) in [6.07, 6.45) is 0. The van der Waals surface area contributed by atoms with Crippen LogP contribution in [0.3, 0.4) is 0 Å². The van der Waals surface area contributed by atoms with Gasteiger partial charge in [-0.05, 0) is 42.8 Å². The van der Waals surface area contributed by atoms with E-state index in [0.717, 1.165) is 27.9 Å². The van der Waals surface area contributed by atoms with Crippen LogP contribution in [-0.4, -0.2) is 23.2 Å². The molecule has 0 aliphatic heterocycles. The van der Waals surface area contributed by atoms with E-state index in [1.54, 1.807) is 0 Å². The number of nitrogens with zero attached hydrogens (tertiary/aromatic N) is 1. The second kappa shape index (κ2) is 5.35. The van der Waals surface area contributed by atoms with Crippen molar-refractivity contribution in [1.82, 2.24) is 4.98 Å². The molecule has 0 saturated heterocycles. The topological polar surface area (TPSA) is 58.3 Å². The average molecular weight is 268 g/mol. The fourth-order valence-electron chi connectivity index (χ4n) is 2.14. The highest BCUT2D eigenvalue weighted by Crippen LogP contribution is 2.26. The average Bonchev–Trinajstić information content (AvgIpc) is 2.91. The Kier molecular flexibility index (Phi) is 3.39. The number of aromatic nitrogens is 1. The molecule has 2 aromatic carbocycles. The van der Waals surface area contributed by atoms with Gasteiger partial charge in [0.1, 0.15) is 5.52 Å². The molecule has 0 saturated carbocycles. The fraction of sp³-hybridized carbons (Fsp3) is 0.188. The van der Waals surface area contributed by atoms with Crippen LogP contribution < -0.4 is 5.32 Å². The first-order valence-electron chi connectivity index (χ1n) is 6.59. The van der Waals surface area contributed by atoms with E-state index in [4.69, 9.17) is 9.52 Å². The van der Waals surface area contributed by atoms with Gasteiger partial charge < -0.3 is 14.8 Å². The van der Waals surface area contributed by atoms with Crippen LogP contribution >= 0.6 is 0 Å². The van der Waals surface area contributed by atoms with Gasteiger partial charge in [-0.3, -0.25) is 0 Å². The van der Waals surface area contributed by atoms with E-state index in [-0.39, 0.29) is 6.61 Å². The Hall–Kier alpha value is -2.33. The monoisotopic (exact) mass is 268 g/mol. The number of oxazole rings is 1. The first-order valence-corrected chi connectivity index (χ1v) is 6.59. The molecule has 0 aliphatic rings. The summed E-state index contributed by atoms with van der Waals surface area (Å²) in [5.74, 6) is 0.628. The molecule has 0 atom stereocenters. The summed E-state index contributed by atoms with van der Waals surface area (Å²) in [6.45, 7) is 2.67. The van der Waals surface area contributed by atoms with Crippen molar-refractivity contribution in [3.05, 3.63) is 48.0 Å². The van der Waals surface area contributed by atoms with E-state index in [2.05, 4.69) is 10.3 Å². The molecule has 0 fully saturated rings. The van der Waals surface area contributed by atoms with Crippen molar-refractivity contribution in [3.8, 4) is 11.5 Å². The number of nitrogens with one attached hydrogen (secondary N) is 1. The highest BCUT2D eigenvalue weighted by atomic mass is 16.3. The molecule has 20 heavy (non-hydrogen) atoms. The largest absolute Gasteiger partial charge is 0.436 e. The fourth-order valence-corrected chi connectivity index (χ4v) is 2.14. The van der Waals surface area contributed by atoms with Gasteiger partial charge >= 0.3 is 0 Å². The lowest BCUT2D eigenvalue weighted by Gasteiger charge is -2.04. The highest BCUT2D eigenvalue weighted by molar-refractivity contribution is 5.79. The lowest BCUT2D eigenvalue weighted by atomic mass is 10.2. The first-order chi connectivity index (χ1) is 9.78. The predicted molar refractivity (Wildman–Crippen MR) is 79.8 cm³/mol. The highest BCUT2D eigenvalue weighted by Gasteiger charge is 2.09. The number of hydrogen-bond acceptors (Lipinski definition) is 4. The van der Waals surface area contributed by atoms with Gasteiger partial charge in [0.25, 0.3) is 0 Å². The summed E-state index contributed by atoms with van der Waals surface area (Å²) in [5, 5.41) is 11.9. The van der Waals surface area contributed by atoms with Gasteiger partial charge in [-0.15, -0.1) is 0 Å². The van der Waals surface area contributed by atoms with Gasteiger partial charge in [0, 0.05) is 17.8 Å². The summed E-state index contributed by atoms with van der Waals surface area (Å²) < 4.78 is 5.83. The van der Waals surface area contributed by atoms with E-state index < -0.39 is 0 Å². The SMILES string of the molecule is Cc1cccc2nc(-c3ccc(NCCO)cc3)oc12. The zero-order chi connectivity index (χ0) is 13.9. The van der Waals surface area contributed by atoms with Crippen LogP contribution in [0.15, 0.2) is 46.9 Å². The van der Waals surface area contributed by atoms with Crippen molar-refractivity contribution in [2.45, 2.75) is 6.92 Å². The Bertz CT molecular complexity index is 717. The molecule has 2 N–H and O–H groups in total. The lowest BCUT2D eigenvalue weighted by molar-refractivity contribution is 0.311. The maximum Gasteiger partial charge on any atom is 0.227 e. The number of aliphatic hydroxyl groups is 1. The molecule has 102 valence electrons. The lowest BCUT2D eigenvalue weighted by Crippen LogP contribution is -2.04. The summed E-state index contributed by atoms with van der Waals surface area (Å²) >= 11 is 0. The van der Waals surface area contributed by atoms with Crippen LogP contribution in [0, 0.1) is 6.92 Å². The molecular weight excluding hydrogens is 252 g/mol. The summed E-state index contributed by atoms with van der Waals surface area (Å²) in [4.78, 5) is 4.51. The van der Waals surface area contributed by atoms with Crippen LogP contribution in [0.25, 0.3) is 22.6 Å². The Morgan fingerprint density at radius 2 is 1.95 bits per heavy atom. The van der Waals surface area contributed by atoms with Crippen molar-refractivity contribution in [3.63, 3.8) is 0 Å². The molecule has 1 heterocycles. The predicted octanol–water partition coefficient (Wildman–Crippen LogP) is 3.21. The molecule has 3 aromatic rings. The molecule has 4 heteroatoms. The normalized spacial score (nSPS) is 10.9. The quantitative estimate of drug-likeness (QED) is 0.763. The maximum absolute atomic E-state index is 8.78. The molecule has 0 radical (unpaired) electrons. The molecule has 1 aromatic heterocycles. The third-order valence-electron chi connectivity index (χ3n) is 3.18.